The smallest absolute Gasteiger partial charge is 0.416 e. The van der Waals surface area contributed by atoms with E-state index in [4.69, 9.17) is 4.74 Å². The summed E-state index contributed by atoms with van der Waals surface area (Å²) >= 11 is 0. The Hall–Kier alpha value is -3.70. The molecule has 0 bridgehead atoms. The Kier molecular flexibility index (Phi) is 6.74. The molecule has 1 aliphatic heterocycles. The van der Waals surface area contributed by atoms with Gasteiger partial charge in [0.2, 0.25) is 5.91 Å². The number of aromatic amines is 1. The van der Waals surface area contributed by atoms with E-state index in [1.165, 1.54) is 24.2 Å². The van der Waals surface area contributed by atoms with Gasteiger partial charge in [-0.1, -0.05) is 0 Å². The van der Waals surface area contributed by atoms with E-state index in [1.54, 1.807) is 6.92 Å². The molecule has 8 nitrogen and oxygen atoms in total. The molecular formula is C26H27F4N5O3. The van der Waals surface area contributed by atoms with E-state index in [0.717, 1.165) is 25.0 Å². The maximum atomic E-state index is 14.7. The van der Waals surface area contributed by atoms with Crippen molar-refractivity contribution in [3.05, 3.63) is 41.3 Å². The van der Waals surface area contributed by atoms with Crippen LogP contribution in [-0.2, 0) is 11.0 Å². The van der Waals surface area contributed by atoms with Crippen molar-refractivity contribution in [2.75, 3.05) is 19.7 Å². The number of H-pyrrole nitrogens is 1. The largest absolute Gasteiger partial charge is 0.493 e. The maximum Gasteiger partial charge on any atom is 0.416 e. The topological polar surface area (TPSA) is 100 Å². The summed E-state index contributed by atoms with van der Waals surface area (Å²) in [5, 5.41) is 2.70. The highest BCUT2D eigenvalue weighted by Gasteiger charge is 2.34. The lowest BCUT2D eigenvalue weighted by Gasteiger charge is -2.34. The van der Waals surface area contributed by atoms with Crippen LogP contribution in [0, 0.1) is 12.8 Å². The fourth-order valence-electron chi connectivity index (χ4n) is 4.71. The van der Waals surface area contributed by atoms with Gasteiger partial charge < -0.3 is 19.9 Å². The first-order chi connectivity index (χ1) is 18.0. The van der Waals surface area contributed by atoms with E-state index < -0.39 is 29.9 Å². The number of hydrogen-bond acceptors (Lipinski definition) is 5. The molecule has 2 aromatic heterocycles. The minimum absolute atomic E-state index is 0.112. The predicted octanol–water partition coefficient (Wildman–Crippen LogP) is 4.43. The number of piperidine rings is 1. The minimum Gasteiger partial charge on any atom is -0.493 e. The van der Waals surface area contributed by atoms with Crippen LogP contribution in [-0.4, -0.2) is 63.6 Å². The van der Waals surface area contributed by atoms with Gasteiger partial charge in [-0.05, 0) is 50.3 Å². The third kappa shape index (κ3) is 5.16. The molecule has 0 spiro atoms. The number of fused-ring (bicyclic) bond motifs is 1. The minimum atomic E-state index is -4.58. The summed E-state index contributed by atoms with van der Waals surface area (Å²) in [5.41, 5.74) is 0.459. The number of carbonyl (C=O) groups excluding carboxylic acids is 2. The molecule has 3 aromatic rings. The molecule has 0 radical (unpaired) electrons. The number of aromatic nitrogens is 3. The van der Waals surface area contributed by atoms with Crippen molar-refractivity contribution in [2.24, 2.45) is 5.92 Å². The quantitative estimate of drug-likeness (QED) is 0.457. The highest BCUT2D eigenvalue weighted by molar-refractivity contribution is 6.09. The number of nitrogens with zero attached hydrogens (tertiary/aromatic N) is 3. The first-order valence-electron chi connectivity index (χ1n) is 12.4. The first kappa shape index (κ1) is 25.9. The first-order valence-corrected chi connectivity index (χ1v) is 12.4. The van der Waals surface area contributed by atoms with Gasteiger partial charge >= 0.3 is 6.18 Å². The highest BCUT2D eigenvalue weighted by atomic mass is 19.4. The van der Waals surface area contributed by atoms with Crippen molar-refractivity contribution < 1.29 is 31.9 Å². The molecule has 1 aromatic carbocycles. The monoisotopic (exact) mass is 533 g/mol. The van der Waals surface area contributed by atoms with Crippen molar-refractivity contribution in [1.82, 2.24) is 25.2 Å². The van der Waals surface area contributed by atoms with Gasteiger partial charge in [0.05, 0.1) is 35.8 Å². The lowest BCUT2D eigenvalue weighted by atomic mass is 10.0. The third-order valence-electron chi connectivity index (χ3n) is 7.04. The van der Waals surface area contributed by atoms with Crippen molar-refractivity contribution >= 4 is 22.8 Å². The molecule has 1 aliphatic carbocycles. The number of hydrogen-bond donors (Lipinski definition) is 2. The summed E-state index contributed by atoms with van der Waals surface area (Å²) in [4.78, 5) is 37.7. The fourth-order valence-corrected chi connectivity index (χ4v) is 4.71. The van der Waals surface area contributed by atoms with Crippen molar-refractivity contribution in [3.63, 3.8) is 0 Å². The molecule has 1 saturated heterocycles. The number of carbonyl (C=O) groups is 2. The SMILES string of the molecule is CC(=O)N1CC[C@@H](NC(=O)c2c(C)[nH]c3c(-c4cc(C(F)(F)F)ccc4OCC4CC4)ncnc23)[C@@H](F)C1. The molecule has 2 amide bonds. The summed E-state index contributed by atoms with van der Waals surface area (Å²) in [6, 6.07) is 2.44. The number of benzene rings is 1. The number of nitrogens with one attached hydrogen (secondary N) is 2. The Balaban J connectivity index is 1.49. The molecular weight excluding hydrogens is 506 g/mol. The molecule has 2 aliphatic rings. The summed E-state index contributed by atoms with van der Waals surface area (Å²) in [7, 11) is 0. The maximum absolute atomic E-state index is 14.7. The molecule has 12 heteroatoms. The van der Waals surface area contributed by atoms with Crippen LogP contribution in [0.1, 0.15) is 47.8 Å². The second kappa shape index (κ2) is 9.88. The molecule has 3 heterocycles. The number of ether oxygens (including phenoxy) is 1. The van der Waals surface area contributed by atoms with E-state index in [0.29, 0.717) is 24.8 Å². The van der Waals surface area contributed by atoms with Gasteiger partial charge in [-0.25, -0.2) is 14.4 Å². The van der Waals surface area contributed by atoms with Crippen LogP contribution in [0.5, 0.6) is 5.75 Å². The molecule has 5 rings (SSSR count). The third-order valence-corrected chi connectivity index (χ3v) is 7.04. The second-order valence-corrected chi connectivity index (χ2v) is 9.88. The van der Waals surface area contributed by atoms with E-state index in [1.807, 2.05) is 0 Å². The lowest BCUT2D eigenvalue weighted by molar-refractivity contribution is -0.137. The van der Waals surface area contributed by atoms with E-state index >= 15 is 0 Å². The van der Waals surface area contributed by atoms with Crippen molar-refractivity contribution in [1.29, 1.82) is 0 Å². The molecule has 202 valence electrons. The number of alkyl halides is 4. The van der Waals surface area contributed by atoms with Gasteiger partial charge in [0.15, 0.2) is 0 Å². The number of likely N-dealkylation sites (tertiary alicyclic amines) is 1. The van der Waals surface area contributed by atoms with Crippen LogP contribution in [0.4, 0.5) is 17.6 Å². The van der Waals surface area contributed by atoms with E-state index in [-0.39, 0.29) is 52.5 Å². The summed E-state index contributed by atoms with van der Waals surface area (Å²) in [6.07, 6.45) is -2.57. The van der Waals surface area contributed by atoms with Gasteiger partial charge in [0.1, 0.15) is 29.5 Å². The fraction of sp³-hybridized carbons (Fsp3) is 0.462. The van der Waals surface area contributed by atoms with Gasteiger partial charge in [0, 0.05) is 24.7 Å². The second-order valence-electron chi connectivity index (χ2n) is 9.88. The standard InChI is InChI=1S/C26H27F4N5O3/c1-13-21(25(37)34-19-7-8-35(14(2)36)10-18(19)27)23-24(33-13)22(31-12-32-23)17-9-16(26(28,29)30)5-6-20(17)38-11-15-3-4-15/h5-6,9,12,15,18-19,33H,3-4,7-8,10-11H2,1-2H3,(H,34,37)/t18-,19+/m0/s1. The molecule has 1 saturated carbocycles. The Bertz CT molecular complexity index is 1390. The molecule has 2 atom stereocenters. The molecule has 38 heavy (non-hydrogen) atoms. The van der Waals surface area contributed by atoms with Crippen LogP contribution >= 0.6 is 0 Å². The Morgan fingerprint density at radius 2 is 1.97 bits per heavy atom. The van der Waals surface area contributed by atoms with E-state index in [9.17, 15) is 27.2 Å². The van der Waals surface area contributed by atoms with Crippen molar-refractivity contribution in [3.8, 4) is 17.0 Å². The van der Waals surface area contributed by atoms with E-state index in [2.05, 4.69) is 20.3 Å². The van der Waals surface area contributed by atoms with Crippen molar-refractivity contribution in [2.45, 2.75) is 51.5 Å². The summed E-state index contributed by atoms with van der Waals surface area (Å²) < 4.78 is 61.3. The van der Waals surface area contributed by atoms with Crippen LogP contribution in [0.2, 0.25) is 0 Å². The highest BCUT2D eigenvalue weighted by Crippen LogP contribution is 2.40. The molecule has 2 N–H and O–H groups in total. The number of halogens is 4. The number of aryl methyl sites for hydroxylation is 1. The summed E-state index contributed by atoms with van der Waals surface area (Å²) in [6.45, 7) is 3.59. The van der Waals surface area contributed by atoms with Crippen LogP contribution in [0.3, 0.4) is 0 Å². The van der Waals surface area contributed by atoms with Gasteiger partial charge in [-0.3, -0.25) is 9.59 Å². The average molecular weight is 534 g/mol. The van der Waals surface area contributed by atoms with Gasteiger partial charge in [0.25, 0.3) is 5.91 Å². The Labute approximate surface area is 215 Å². The predicted molar refractivity (Wildman–Crippen MR) is 130 cm³/mol. The Morgan fingerprint density at radius 3 is 2.63 bits per heavy atom. The lowest BCUT2D eigenvalue weighted by Crippen LogP contribution is -2.53. The zero-order valence-corrected chi connectivity index (χ0v) is 20.9. The number of amides is 2. The zero-order valence-electron chi connectivity index (χ0n) is 20.9. The number of rotatable bonds is 6. The van der Waals surface area contributed by atoms with Crippen LogP contribution < -0.4 is 10.1 Å². The Morgan fingerprint density at radius 1 is 1.21 bits per heavy atom. The molecule has 0 unspecified atom stereocenters. The summed E-state index contributed by atoms with van der Waals surface area (Å²) in [5.74, 6) is -0.179. The normalized spacial score (nSPS) is 20.0. The van der Waals surface area contributed by atoms with Gasteiger partial charge in [-0.2, -0.15) is 13.2 Å². The molecule has 2 fully saturated rings. The average Bonchev–Trinajstić information content (AvgIpc) is 3.62. The van der Waals surface area contributed by atoms with Crippen LogP contribution in [0.25, 0.3) is 22.3 Å². The van der Waals surface area contributed by atoms with Crippen LogP contribution in [0.15, 0.2) is 24.5 Å². The zero-order chi connectivity index (χ0) is 27.2. The van der Waals surface area contributed by atoms with Gasteiger partial charge in [-0.15, -0.1) is 0 Å².